The Morgan fingerprint density at radius 2 is 1.72 bits per heavy atom. The summed E-state index contributed by atoms with van der Waals surface area (Å²) in [5.41, 5.74) is 6.89. The molecule has 0 amide bonds. The Bertz CT molecular complexity index is 703. The molecule has 0 aliphatic heterocycles. The number of halogens is 1. The van der Waals surface area contributed by atoms with Crippen molar-refractivity contribution in [1.29, 1.82) is 0 Å². The molecule has 0 saturated heterocycles. The number of rotatable bonds is 2. The van der Waals surface area contributed by atoms with Crippen LogP contribution in [0.2, 0.25) is 5.02 Å². The highest BCUT2D eigenvalue weighted by molar-refractivity contribution is 7.15. The zero-order valence-electron chi connectivity index (χ0n) is 9.69. The third kappa shape index (κ3) is 1.93. The molecule has 0 saturated carbocycles. The average Bonchev–Trinajstić information content (AvgIpc) is 2.88. The van der Waals surface area contributed by atoms with Gasteiger partial charge in [-0.05, 0) is 29.1 Å². The lowest BCUT2D eigenvalue weighted by atomic mass is 10.0. The van der Waals surface area contributed by atoms with Gasteiger partial charge in [-0.2, -0.15) is 0 Å². The summed E-state index contributed by atoms with van der Waals surface area (Å²) in [5.74, 6) is 0. The minimum absolute atomic E-state index is 0.593. The quantitative estimate of drug-likeness (QED) is 0.721. The van der Waals surface area contributed by atoms with Crippen LogP contribution in [0.4, 0.5) is 0 Å². The molecule has 2 N–H and O–H groups in total. The minimum Gasteiger partial charge on any atom is -0.326 e. The fraction of sp³-hybridized carbons (Fsp3) is 0.0667. The molecule has 1 aromatic heterocycles. The predicted molar refractivity (Wildman–Crippen MR) is 80.2 cm³/mol. The van der Waals surface area contributed by atoms with E-state index < -0.39 is 0 Å². The van der Waals surface area contributed by atoms with Crippen molar-refractivity contribution in [3.8, 4) is 10.4 Å². The van der Waals surface area contributed by atoms with E-state index in [9.17, 15) is 0 Å². The molecule has 0 spiro atoms. The van der Waals surface area contributed by atoms with Crippen LogP contribution < -0.4 is 5.73 Å². The summed E-state index contributed by atoms with van der Waals surface area (Å²) in [6, 6.07) is 16.5. The van der Waals surface area contributed by atoms with Crippen LogP contribution in [0.3, 0.4) is 0 Å². The summed E-state index contributed by atoms with van der Waals surface area (Å²) >= 11 is 7.97. The van der Waals surface area contributed by atoms with Gasteiger partial charge in [0.05, 0.1) is 0 Å². The van der Waals surface area contributed by atoms with E-state index in [1.54, 1.807) is 11.3 Å². The molecular formula is C15H12ClNS. The zero-order valence-corrected chi connectivity index (χ0v) is 11.3. The lowest BCUT2D eigenvalue weighted by molar-refractivity contribution is 1.11. The monoisotopic (exact) mass is 273 g/mol. The van der Waals surface area contributed by atoms with Crippen molar-refractivity contribution in [3.63, 3.8) is 0 Å². The second-order valence-electron chi connectivity index (χ2n) is 4.11. The number of nitrogens with two attached hydrogens (primary N) is 1. The molecular weight excluding hydrogens is 262 g/mol. The van der Waals surface area contributed by atoms with Crippen LogP contribution >= 0.6 is 22.9 Å². The van der Waals surface area contributed by atoms with Crippen LogP contribution in [0.1, 0.15) is 4.88 Å². The van der Waals surface area contributed by atoms with Crippen LogP contribution in [0.25, 0.3) is 21.2 Å². The van der Waals surface area contributed by atoms with Gasteiger partial charge in [-0.25, -0.2) is 0 Å². The van der Waals surface area contributed by atoms with Gasteiger partial charge in [0.2, 0.25) is 0 Å². The summed E-state index contributed by atoms with van der Waals surface area (Å²) in [6.45, 7) is 0.593. The fourth-order valence-corrected chi connectivity index (χ4v) is 3.26. The first-order valence-electron chi connectivity index (χ1n) is 5.76. The molecule has 0 unspecified atom stereocenters. The van der Waals surface area contributed by atoms with Gasteiger partial charge in [-0.15, -0.1) is 11.3 Å². The molecule has 3 aromatic rings. The summed E-state index contributed by atoms with van der Waals surface area (Å²) in [5, 5.41) is 3.08. The highest BCUT2D eigenvalue weighted by Crippen LogP contribution is 2.36. The molecule has 2 aromatic carbocycles. The SMILES string of the molecule is NCc1ccc(-c2ccc(Cl)c3ccccc23)s1. The fourth-order valence-electron chi connectivity index (χ4n) is 2.11. The van der Waals surface area contributed by atoms with Crippen molar-refractivity contribution in [3.05, 3.63) is 58.4 Å². The zero-order chi connectivity index (χ0) is 12.5. The highest BCUT2D eigenvalue weighted by atomic mass is 35.5. The Kier molecular flexibility index (Phi) is 3.08. The molecule has 0 radical (unpaired) electrons. The van der Waals surface area contributed by atoms with E-state index in [-0.39, 0.29) is 0 Å². The number of hydrogen-bond acceptors (Lipinski definition) is 2. The second-order valence-corrected chi connectivity index (χ2v) is 5.69. The molecule has 1 heterocycles. The Hall–Kier alpha value is -1.35. The van der Waals surface area contributed by atoms with Crippen molar-refractivity contribution >= 4 is 33.7 Å². The molecule has 3 rings (SSSR count). The van der Waals surface area contributed by atoms with Gasteiger partial charge >= 0.3 is 0 Å². The molecule has 0 aliphatic rings. The van der Waals surface area contributed by atoms with Gasteiger partial charge in [0.25, 0.3) is 0 Å². The maximum absolute atomic E-state index is 6.23. The molecule has 90 valence electrons. The maximum atomic E-state index is 6.23. The largest absolute Gasteiger partial charge is 0.326 e. The Morgan fingerprint density at radius 1 is 0.944 bits per heavy atom. The van der Waals surface area contributed by atoms with Gasteiger partial charge in [0.1, 0.15) is 0 Å². The maximum Gasteiger partial charge on any atom is 0.0484 e. The van der Waals surface area contributed by atoms with E-state index in [0.29, 0.717) is 6.54 Å². The van der Waals surface area contributed by atoms with Crippen molar-refractivity contribution in [2.75, 3.05) is 0 Å². The molecule has 1 nitrogen and oxygen atoms in total. The highest BCUT2D eigenvalue weighted by Gasteiger charge is 2.08. The Morgan fingerprint density at radius 3 is 2.44 bits per heavy atom. The van der Waals surface area contributed by atoms with E-state index in [1.165, 1.54) is 20.7 Å². The van der Waals surface area contributed by atoms with Gasteiger partial charge in [-0.3, -0.25) is 0 Å². The van der Waals surface area contributed by atoms with Gasteiger partial charge < -0.3 is 5.73 Å². The molecule has 3 heteroatoms. The van der Waals surface area contributed by atoms with E-state index in [0.717, 1.165) is 10.4 Å². The van der Waals surface area contributed by atoms with Crippen molar-refractivity contribution in [1.82, 2.24) is 0 Å². The lowest BCUT2D eigenvalue weighted by Gasteiger charge is -2.06. The first kappa shape index (κ1) is 11.7. The normalized spacial score (nSPS) is 11.0. The smallest absolute Gasteiger partial charge is 0.0484 e. The minimum atomic E-state index is 0.593. The molecule has 0 atom stereocenters. The first-order valence-corrected chi connectivity index (χ1v) is 6.95. The van der Waals surface area contributed by atoms with Crippen LogP contribution in [0, 0.1) is 0 Å². The van der Waals surface area contributed by atoms with E-state index >= 15 is 0 Å². The van der Waals surface area contributed by atoms with Crippen molar-refractivity contribution in [2.24, 2.45) is 5.73 Å². The number of hydrogen-bond donors (Lipinski definition) is 1. The van der Waals surface area contributed by atoms with E-state index in [4.69, 9.17) is 17.3 Å². The third-order valence-electron chi connectivity index (χ3n) is 3.00. The van der Waals surface area contributed by atoms with Crippen LogP contribution in [-0.4, -0.2) is 0 Å². The third-order valence-corrected chi connectivity index (χ3v) is 4.47. The summed E-state index contributed by atoms with van der Waals surface area (Å²) < 4.78 is 0. The van der Waals surface area contributed by atoms with Gasteiger partial charge in [0.15, 0.2) is 0 Å². The predicted octanol–water partition coefficient (Wildman–Crippen LogP) is 4.68. The summed E-state index contributed by atoms with van der Waals surface area (Å²) in [6.07, 6.45) is 0. The van der Waals surface area contributed by atoms with Gasteiger partial charge in [-0.1, -0.05) is 41.9 Å². The molecule has 0 aliphatic carbocycles. The van der Waals surface area contributed by atoms with Crippen LogP contribution in [0.15, 0.2) is 48.5 Å². The van der Waals surface area contributed by atoms with Crippen molar-refractivity contribution in [2.45, 2.75) is 6.54 Å². The van der Waals surface area contributed by atoms with Gasteiger partial charge in [0, 0.05) is 26.7 Å². The summed E-state index contributed by atoms with van der Waals surface area (Å²) in [4.78, 5) is 2.44. The molecule has 0 bridgehead atoms. The summed E-state index contributed by atoms with van der Waals surface area (Å²) in [7, 11) is 0. The van der Waals surface area contributed by atoms with Crippen LogP contribution in [-0.2, 0) is 6.54 Å². The van der Waals surface area contributed by atoms with E-state index in [1.807, 2.05) is 18.2 Å². The van der Waals surface area contributed by atoms with E-state index in [2.05, 4.69) is 30.3 Å². The van der Waals surface area contributed by atoms with Crippen molar-refractivity contribution < 1.29 is 0 Å². The number of benzene rings is 2. The first-order chi connectivity index (χ1) is 8.79. The molecule has 18 heavy (non-hydrogen) atoms. The Balaban J connectivity index is 2.26. The Labute approximate surface area is 115 Å². The van der Waals surface area contributed by atoms with Crippen LogP contribution in [0.5, 0.6) is 0 Å². The average molecular weight is 274 g/mol. The lowest BCUT2D eigenvalue weighted by Crippen LogP contribution is -1.91. The second kappa shape index (κ2) is 4.73. The standard InChI is InChI=1S/C15H12ClNS/c16-14-7-6-13(11-3-1-2-4-12(11)14)15-8-5-10(9-17)18-15/h1-8H,9,17H2. The number of fused-ring (bicyclic) bond motifs is 1. The topological polar surface area (TPSA) is 26.0 Å². The number of thiophene rings is 1. The molecule has 0 fully saturated rings.